The summed E-state index contributed by atoms with van der Waals surface area (Å²) < 4.78 is 44.4. The molecule has 0 saturated carbocycles. The monoisotopic (exact) mass is 628 g/mol. The van der Waals surface area contributed by atoms with Crippen molar-refractivity contribution < 1.29 is 23.0 Å². The van der Waals surface area contributed by atoms with Crippen LogP contribution < -0.4 is 0 Å². The lowest BCUT2D eigenvalue weighted by atomic mass is 10.0. The minimum absolute atomic E-state index is 0.159. The number of thiophene rings is 1. The highest BCUT2D eigenvalue weighted by atomic mass is 32.1. The lowest BCUT2D eigenvalue weighted by molar-refractivity contribution is -0.127. The summed E-state index contributed by atoms with van der Waals surface area (Å²) in [4.78, 5) is 19.1. The first-order valence-electron chi connectivity index (χ1n) is 14.2. The third-order valence-corrected chi connectivity index (χ3v) is 8.42. The lowest BCUT2D eigenvalue weighted by Crippen LogP contribution is -2.37. The predicted octanol–water partition coefficient (Wildman–Crippen LogP) is 6.58. The van der Waals surface area contributed by atoms with Gasteiger partial charge in [-0.15, -0.1) is 11.3 Å². The largest absolute Gasteiger partial charge is 0.499 e. The molecule has 0 bridgehead atoms. The number of carbonyl (C=O) groups excluding carboxylic acids is 1. The van der Waals surface area contributed by atoms with Gasteiger partial charge in [0.2, 0.25) is 5.91 Å². The van der Waals surface area contributed by atoms with E-state index in [2.05, 4.69) is 11.7 Å². The summed E-state index contributed by atoms with van der Waals surface area (Å²) in [6.07, 6.45) is 7.37. The molecule has 1 aliphatic rings. The van der Waals surface area contributed by atoms with Crippen LogP contribution in [-0.2, 0) is 34.4 Å². The minimum atomic E-state index is -0.816. The summed E-state index contributed by atoms with van der Waals surface area (Å²) >= 11 is 1.44. The number of halogens is 2. The summed E-state index contributed by atoms with van der Waals surface area (Å²) in [6.45, 7) is 5.53. The number of ether oxygens (including phenoxy) is 2. The molecule has 12 heteroatoms. The van der Waals surface area contributed by atoms with Crippen molar-refractivity contribution >= 4 is 44.3 Å². The van der Waals surface area contributed by atoms with Gasteiger partial charge in [0, 0.05) is 59.5 Å². The smallest absolute Gasteiger partial charge is 0.246 e. The van der Waals surface area contributed by atoms with Crippen molar-refractivity contribution in [3.8, 4) is 22.6 Å². The van der Waals surface area contributed by atoms with Gasteiger partial charge in [-0.2, -0.15) is 10.2 Å². The molecule has 0 fully saturated rings. The van der Waals surface area contributed by atoms with Gasteiger partial charge in [-0.05, 0) is 41.8 Å². The number of amides is 1. The van der Waals surface area contributed by atoms with E-state index in [1.165, 1.54) is 30.6 Å². The van der Waals surface area contributed by atoms with Crippen LogP contribution >= 0.6 is 11.3 Å². The third-order valence-electron chi connectivity index (χ3n) is 7.48. The summed E-state index contributed by atoms with van der Waals surface area (Å²) in [6, 6.07) is 9.81. The number of methoxy groups -OCH3 is 1. The Labute approximate surface area is 262 Å². The zero-order valence-electron chi connectivity index (χ0n) is 24.7. The molecule has 0 atom stereocenters. The summed E-state index contributed by atoms with van der Waals surface area (Å²) in [5, 5.41) is 12.9. The Hall–Kier alpha value is -4.94. The summed E-state index contributed by atoms with van der Waals surface area (Å²) in [5.41, 5.74) is 4.81. The molecule has 1 aromatic carbocycles. The molecule has 6 rings (SSSR count). The van der Waals surface area contributed by atoms with Gasteiger partial charge in [0.25, 0.3) is 0 Å². The molecule has 0 aliphatic carbocycles. The zero-order chi connectivity index (χ0) is 31.5. The molecule has 1 amide bonds. The third kappa shape index (κ3) is 6.19. The maximum atomic E-state index is 15.4. The van der Waals surface area contributed by atoms with E-state index in [1.807, 2.05) is 47.4 Å². The van der Waals surface area contributed by atoms with E-state index < -0.39 is 11.7 Å². The number of nitrogens with zero attached hydrogens (tertiary/aromatic N) is 6. The molecular formula is C33H30F2N6O3S. The molecule has 230 valence electrons. The number of rotatable bonds is 10. The molecule has 0 spiro atoms. The fourth-order valence-electron chi connectivity index (χ4n) is 5.28. The molecule has 45 heavy (non-hydrogen) atoms. The Morgan fingerprint density at radius 3 is 2.82 bits per heavy atom. The Morgan fingerprint density at radius 2 is 2.00 bits per heavy atom. The molecule has 0 saturated heterocycles. The number of hydrogen-bond donors (Lipinski definition) is 0. The van der Waals surface area contributed by atoms with Crippen LogP contribution in [0.15, 0.2) is 84.6 Å². The molecule has 5 heterocycles. The average molecular weight is 629 g/mol. The van der Waals surface area contributed by atoms with Crippen LogP contribution in [-0.4, -0.2) is 62.2 Å². The highest BCUT2D eigenvalue weighted by Crippen LogP contribution is 2.40. The molecule has 0 N–H and O–H groups in total. The zero-order valence-corrected chi connectivity index (χ0v) is 25.6. The van der Waals surface area contributed by atoms with Crippen molar-refractivity contribution in [1.29, 1.82) is 0 Å². The number of pyridine rings is 1. The van der Waals surface area contributed by atoms with Gasteiger partial charge in [0.15, 0.2) is 0 Å². The first-order chi connectivity index (χ1) is 21.9. The molecule has 5 aromatic rings. The lowest BCUT2D eigenvalue weighted by Gasteiger charge is -2.26. The quantitative estimate of drug-likeness (QED) is 0.0752. The Kier molecular flexibility index (Phi) is 8.67. The van der Waals surface area contributed by atoms with Crippen LogP contribution in [0.1, 0.15) is 11.3 Å². The molecule has 0 radical (unpaired) electrons. The van der Waals surface area contributed by atoms with Crippen LogP contribution in [0.4, 0.5) is 8.78 Å². The fraction of sp³-hybridized carbons (Fsp3) is 0.212. The number of carbonyl (C=O) groups is 1. The first-order valence-corrected chi connectivity index (χ1v) is 15.1. The Morgan fingerprint density at radius 1 is 1.13 bits per heavy atom. The van der Waals surface area contributed by atoms with E-state index in [-0.39, 0.29) is 12.5 Å². The van der Waals surface area contributed by atoms with Gasteiger partial charge in [-0.3, -0.25) is 14.2 Å². The molecular weight excluding hydrogens is 598 g/mol. The SMILES string of the molecule is C=CC(=O)N1CCn2nc(-c3nc(-c4ccc5c(cnn5C)c4)c4ccsc4c3/C=C(F)/C=C(F)\C=C\OCCOC)cc2C1. The standard InChI is InChI=1S/C33H30F2N6O3S/c1-4-30(42)40-9-10-41-25(20-40)18-28(38-41)32-27(17-24(35)16-23(34)7-11-44-13-12-43-3)33-26(8-14-45-33)31(37-32)21-5-6-29-22(15-21)19-36-39(29)2/h4-8,11,14-19H,1,9-10,12-13,20H2,2-3H3/b11-7+,23-16+,24-17-. The minimum Gasteiger partial charge on any atom is -0.499 e. The van der Waals surface area contributed by atoms with Gasteiger partial charge in [0.05, 0.1) is 49.1 Å². The molecule has 4 aromatic heterocycles. The van der Waals surface area contributed by atoms with Gasteiger partial charge in [-0.25, -0.2) is 13.8 Å². The van der Waals surface area contributed by atoms with Crippen LogP contribution in [0, 0.1) is 0 Å². The second kappa shape index (κ2) is 13.0. The van der Waals surface area contributed by atoms with E-state index in [4.69, 9.17) is 19.6 Å². The van der Waals surface area contributed by atoms with E-state index in [9.17, 15) is 9.18 Å². The predicted molar refractivity (Wildman–Crippen MR) is 171 cm³/mol. The highest BCUT2D eigenvalue weighted by molar-refractivity contribution is 7.17. The topological polar surface area (TPSA) is 87.3 Å². The van der Waals surface area contributed by atoms with Crippen LogP contribution in [0.2, 0.25) is 0 Å². The molecule has 0 unspecified atom stereocenters. The maximum absolute atomic E-state index is 15.4. The van der Waals surface area contributed by atoms with Crippen LogP contribution in [0.3, 0.4) is 0 Å². The highest BCUT2D eigenvalue weighted by Gasteiger charge is 2.24. The fourth-order valence-corrected chi connectivity index (χ4v) is 6.19. The van der Waals surface area contributed by atoms with Crippen molar-refractivity contribution in [3.05, 3.63) is 95.9 Å². The summed E-state index contributed by atoms with van der Waals surface area (Å²) in [5.74, 6) is -1.78. The Balaban J connectivity index is 1.47. The van der Waals surface area contributed by atoms with Crippen LogP contribution in [0.25, 0.3) is 49.7 Å². The van der Waals surface area contributed by atoms with E-state index >= 15 is 4.39 Å². The van der Waals surface area contributed by atoms with E-state index in [0.29, 0.717) is 48.9 Å². The Bertz CT molecular complexity index is 2000. The van der Waals surface area contributed by atoms with Crippen molar-refractivity contribution in [3.63, 3.8) is 0 Å². The maximum Gasteiger partial charge on any atom is 0.246 e. The van der Waals surface area contributed by atoms with Crippen molar-refractivity contribution in [2.75, 3.05) is 26.9 Å². The normalized spacial score (nSPS) is 14.1. The molecule has 9 nitrogen and oxygen atoms in total. The second-order valence-corrected chi connectivity index (χ2v) is 11.3. The number of benzene rings is 1. The molecule has 1 aliphatic heterocycles. The average Bonchev–Trinajstić information content (AvgIpc) is 3.79. The van der Waals surface area contributed by atoms with Crippen LogP contribution in [0.5, 0.6) is 0 Å². The number of allylic oxidation sites excluding steroid dienone is 4. The van der Waals surface area contributed by atoms with E-state index in [0.717, 1.165) is 50.7 Å². The van der Waals surface area contributed by atoms with E-state index in [1.54, 1.807) is 15.8 Å². The first kappa shape index (κ1) is 30.1. The van der Waals surface area contributed by atoms with Crippen molar-refractivity contribution in [2.24, 2.45) is 7.05 Å². The number of aromatic nitrogens is 5. The number of fused-ring (bicyclic) bond motifs is 3. The van der Waals surface area contributed by atoms with Gasteiger partial charge in [0.1, 0.15) is 29.6 Å². The number of aryl methyl sites for hydroxylation is 1. The van der Waals surface area contributed by atoms with Crippen molar-refractivity contribution in [2.45, 2.75) is 13.1 Å². The van der Waals surface area contributed by atoms with Gasteiger partial charge < -0.3 is 14.4 Å². The van der Waals surface area contributed by atoms with Gasteiger partial charge >= 0.3 is 0 Å². The number of hydrogen-bond acceptors (Lipinski definition) is 7. The second-order valence-electron chi connectivity index (χ2n) is 10.4. The van der Waals surface area contributed by atoms with Crippen molar-refractivity contribution in [1.82, 2.24) is 29.4 Å². The summed E-state index contributed by atoms with van der Waals surface area (Å²) in [7, 11) is 3.42. The van der Waals surface area contributed by atoms with Gasteiger partial charge in [-0.1, -0.05) is 12.6 Å².